The van der Waals surface area contributed by atoms with E-state index in [0.29, 0.717) is 20.8 Å². The van der Waals surface area contributed by atoms with Crippen molar-refractivity contribution in [3.05, 3.63) is 120 Å². The summed E-state index contributed by atoms with van der Waals surface area (Å²) in [4.78, 5) is 87.0. The Bertz CT molecular complexity index is 3000. The number of methoxy groups -OCH3 is 2. The number of hydrogen-bond donors (Lipinski definition) is 2. The Hall–Kier alpha value is -8.68. The molecule has 351 valence electrons. The normalized spacial score (nSPS) is 11.3. The van der Waals surface area contributed by atoms with Crippen LogP contribution < -0.4 is 22.5 Å². The number of aromatic hydroxyl groups is 2. The minimum Gasteiger partial charge on any atom is -0.493 e. The van der Waals surface area contributed by atoms with Gasteiger partial charge in [-0.25, -0.2) is 29.1 Å². The van der Waals surface area contributed by atoms with E-state index in [1.165, 1.54) is 34.2 Å². The molecule has 27 heteroatoms. The van der Waals surface area contributed by atoms with Crippen molar-refractivity contribution in [1.29, 1.82) is 5.26 Å². The van der Waals surface area contributed by atoms with E-state index < -0.39 is 81.7 Å². The average molecular weight is 968 g/mol. The molecule has 0 aromatic carbocycles. The van der Waals surface area contributed by atoms with Gasteiger partial charge in [0.15, 0.2) is 23.3 Å². The zero-order valence-corrected chi connectivity index (χ0v) is 37.7. The van der Waals surface area contributed by atoms with Crippen LogP contribution in [0.5, 0.6) is 11.8 Å². The van der Waals surface area contributed by atoms with Gasteiger partial charge in [0, 0.05) is 40.5 Å². The molecule has 2 N–H and O–H groups in total. The number of rotatable bonds is 10. The van der Waals surface area contributed by atoms with Crippen molar-refractivity contribution in [1.82, 2.24) is 47.8 Å². The zero-order chi connectivity index (χ0) is 48.7. The van der Waals surface area contributed by atoms with Gasteiger partial charge in [0.25, 0.3) is 16.8 Å². The second kappa shape index (κ2) is 20.9. The smallest absolute Gasteiger partial charge is 0.334 e. The van der Waals surface area contributed by atoms with Gasteiger partial charge < -0.3 is 19.7 Å². The number of carbonyl (C=O) groups is 2. The van der Waals surface area contributed by atoms with E-state index in [0.717, 1.165) is 23.4 Å². The Morgan fingerprint density at radius 3 is 1.51 bits per heavy atom. The third-order valence-corrected chi connectivity index (χ3v) is 8.89. The number of carbonyl (C=O) groups excluding carboxylic acids is 2. The molecule has 0 saturated carbocycles. The van der Waals surface area contributed by atoms with E-state index in [1.807, 2.05) is 6.07 Å². The predicted molar refractivity (Wildman–Crippen MR) is 229 cm³/mol. The summed E-state index contributed by atoms with van der Waals surface area (Å²) < 4.78 is 14.6. The maximum Gasteiger partial charge on any atom is 0.334 e. The molecule has 0 bridgehead atoms. The van der Waals surface area contributed by atoms with Crippen molar-refractivity contribution in [2.75, 3.05) is 14.2 Å². The van der Waals surface area contributed by atoms with Crippen LogP contribution in [0.25, 0.3) is 16.5 Å². The molecule has 0 aliphatic carbocycles. The monoisotopic (exact) mass is 967 g/mol. The summed E-state index contributed by atoms with van der Waals surface area (Å²) in [5.41, 5.74) is -6.89. The van der Waals surface area contributed by atoms with Crippen molar-refractivity contribution in [2.24, 2.45) is 20.5 Å². The van der Waals surface area contributed by atoms with Crippen LogP contribution in [0.3, 0.4) is 0 Å². The standard InChI is InChI=1S/2C20H20N8O5.Cu/c1-20(2,3)27-18(31)15(17(30)26(19(27)32)11-14(29)33-5)24-25-16-12(21-4)10-23-28(16)13-8-6-7-9-22-13;1-20(2,3)27-18(31)15(17(30)26(19(27)32)11-14(29)33-4)24-25-16-12(9-21)10-23-28(16)13-7-5-6-8-22-13;/h6-10,30H,11H2,1-3,5H3;5-8,10,30H,11H2,1-4H3;. The molecule has 0 fully saturated rings. The number of azo groups is 2. The Labute approximate surface area is 388 Å². The molecular weight excluding hydrogens is 928 g/mol. The van der Waals surface area contributed by atoms with Gasteiger partial charge in [-0.3, -0.25) is 37.4 Å². The maximum absolute atomic E-state index is 13.1. The molecule has 0 spiro atoms. The molecule has 0 unspecified atom stereocenters. The molecular formula is C40H40CuN16O10. The van der Waals surface area contributed by atoms with Gasteiger partial charge in [-0.1, -0.05) is 12.1 Å². The molecule has 1 radical (unpaired) electrons. The van der Waals surface area contributed by atoms with Gasteiger partial charge in [-0.15, -0.1) is 20.5 Å². The minimum atomic E-state index is -1.02. The molecule has 0 atom stereocenters. The first-order valence-corrected chi connectivity index (χ1v) is 19.1. The second-order valence-electron chi connectivity index (χ2n) is 15.4. The van der Waals surface area contributed by atoms with Crippen LogP contribution in [-0.4, -0.2) is 84.2 Å². The fraction of sp³-hybridized carbons (Fsp3) is 0.300. The Morgan fingerprint density at radius 1 is 0.716 bits per heavy atom. The Balaban J connectivity index is 0.000000288. The van der Waals surface area contributed by atoms with Crippen molar-refractivity contribution < 1.29 is 46.3 Å². The van der Waals surface area contributed by atoms with Crippen molar-refractivity contribution in [3.8, 4) is 29.5 Å². The van der Waals surface area contributed by atoms with Gasteiger partial charge in [0.1, 0.15) is 24.7 Å². The number of esters is 2. The van der Waals surface area contributed by atoms with Crippen LogP contribution >= 0.6 is 0 Å². The number of hydrogen-bond acceptors (Lipinski definition) is 19. The molecule has 0 amide bonds. The number of nitriles is 1. The zero-order valence-electron chi connectivity index (χ0n) is 36.8. The molecule has 6 heterocycles. The van der Waals surface area contributed by atoms with Crippen LogP contribution in [-0.2, 0) is 60.3 Å². The van der Waals surface area contributed by atoms with E-state index in [9.17, 15) is 44.2 Å². The first-order chi connectivity index (χ1) is 31.2. The van der Waals surface area contributed by atoms with Crippen LogP contribution in [0.1, 0.15) is 47.1 Å². The third kappa shape index (κ3) is 10.8. The van der Waals surface area contributed by atoms with Gasteiger partial charge >= 0.3 is 23.3 Å². The van der Waals surface area contributed by atoms with Crippen molar-refractivity contribution >= 4 is 40.6 Å². The molecule has 26 nitrogen and oxygen atoms in total. The number of ether oxygens (including phenoxy) is 2. The molecule has 6 aromatic heterocycles. The molecule has 0 aliphatic heterocycles. The van der Waals surface area contributed by atoms with E-state index in [1.54, 1.807) is 77.9 Å². The van der Waals surface area contributed by atoms with Gasteiger partial charge in [0.2, 0.25) is 23.1 Å². The summed E-state index contributed by atoms with van der Waals surface area (Å²) in [5.74, 6) is -2.81. The van der Waals surface area contributed by atoms with Crippen LogP contribution in [0.15, 0.2) is 101 Å². The van der Waals surface area contributed by atoms with Crippen molar-refractivity contribution in [2.45, 2.75) is 65.7 Å². The largest absolute Gasteiger partial charge is 0.493 e. The summed E-state index contributed by atoms with van der Waals surface area (Å²) in [6.07, 6.45) is 5.53. The van der Waals surface area contributed by atoms with Crippen LogP contribution in [0.4, 0.5) is 28.7 Å². The fourth-order valence-corrected chi connectivity index (χ4v) is 5.80. The van der Waals surface area contributed by atoms with E-state index >= 15 is 0 Å². The van der Waals surface area contributed by atoms with Gasteiger partial charge in [0.05, 0.1) is 33.2 Å². The summed E-state index contributed by atoms with van der Waals surface area (Å²) in [7, 11) is 2.24. The van der Waals surface area contributed by atoms with E-state index in [4.69, 9.17) is 6.57 Å². The molecule has 0 aliphatic rings. The number of pyridine rings is 2. The Morgan fingerprint density at radius 2 is 1.13 bits per heavy atom. The number of nitrogens with zero attached hydrogens (tertiary/aromatic N) is 16. The summed E-state index contributed by atoms with van der Waals surface area (Å²) in [6.45, 7) is 15.6. The Kier molecular flexibility index (Phi) is 15.9. The van der Waals surface area contributed by atoms with E-state index in [2.05, 4.69) is 54.9 Å². The first-order valence-electron chi connectivity index (χ1n) is 19.1. The van der Waals surface area contributed by atoms with E-state index in [-0.39, 0.29) is 40.0 Å². The molecule has 6 aromatic rings. The van der Waals surface area contributed by atoms with Crippen LogP contribution in [0, 0.1) is 17.9 Å². The summed E-state index contributed by atoms with van der Waals surface area (Å²) >= 11 is 0. The summed E-state index contributed by atoms with van der Waals surface area (Å²) in [6, 6.07) is 12.0. The van der Waals surface area contributed by atoms with Crippen molar-refractivity contribution in [3.63, 3.8) is 0 Å². The molecule has 67 heavy (non-hydrogen) atoms. The fourth-order valence-electron chi connectivity index (χ4n) is 5.80. The summed E-state index contributed by atoms with van der Waals surface area (Å²) in [5, 5.41) is 54.4. The molecule has 6 rings (SSSR count). The SMILES string of the molecule is COC(=O)Cn1c(O)c(N=Nc2c(C#N)cnn2-c2ccccn2)c(=O)n(C(C)(C)C)c1=O.[C-]#[N+]c1cnn(-c2ccccn2)c1N=Nc1c(O)n(CC(=O)OC)c(=O)n(C(C)(C)C)c1=O.[Cu]. The average Bonchev–Trinajstić information content (AvgIpc) is 3.90. The first kappa shape index (κ1) is 51.0. The number of aromatic nitrogens is 10. The maximum atomic E-state index is 13.1. The van der Waals surface area contributed by atoms with Gasteiger partial charge in [-0.2, -0.15) is 20.1 Å². The third-order valence-electron chi connectivity index (χ3n) is 8.89. The minimum absolute atomic E-state index is 0. The van der Waals surface area contributed by atoms with Crippen LogP contribution in [0.2, 0.25) is 0 Å². The predicted octanol–water partition coefficient (Wildman–Crippen LogP) is 3.70. The quantitative estimate of drug-likeness (QED) is 0.0856. The topological polar surface area (TPSA) is 320 Å². The second-order valence-corrected chi connectivity index (χ2v) is 15.4. The molecule has 0 saturated heterocycles. The van der Waals surface area contributed by atoms with Gasteiger partial charge in [-0.05, 0) is 65.8 Å².